The van der Waals surface area contributed by atoms with Crippen molar-refractivity contribution < 1.29 is 17.6 Å². The van der Waals surface area contributed by atoms with Gasteiger partial charge in [-0.2, -0.15) is 0 Å². The van der Waals surface area contributed by atoms with Gasteiger partial charge in [0.05, 0.1) is 46.5 Å². The highest BCUT2D eigenvalue weighted by molar-refractivity contribution is 7.90. The van der Waals surface area contributed by atoms with E-state index in [-0.39, 0.29) is 16.1 Å². The number of rotatable bonds is 6. The van der Waals surface area contributed by atoms with Crippen LogP contribution in [-0.4, -0.2) is 49.7 Å². The molecule has 4 aromatic rings. The number of halogens is 2. The molecule has 176 valence electrons. The fourth-order valence-corrected chi connectivity index (χ4v) is 6.50. The third kappa shape index (κ3) is 4.69. The van der Waals surface area contributed by atoms with Gasteiger partial charge in [-0.3, -0.25) is 0 Å². The molecule has 0 spiro atoms. The Kier molecular flexibility index (Phi) is 6.59. The number of morpholine rings is 1. The summed E-state index contributed by atoms with van der Waals surface area (Å²) in [5, 5.41) is 1.12. The lowest BCUT2D eigenvalue weighted by Gasteiger charge is -2.26. The van der Waals surface area contributed by atoms with Crippen molar-refractivity contribution in [3.05, 3.63) is 64.7 Å². The Labute approximate surface area is 210 Å². The molecule has 0 N–H and O–H groups in total. The summed E-state index contributed by atoms with van der Waals surface area (Å²) in [5.41, 5.74) is 2.26. The number of ether oxygens (including phenoxy) is 1. The van der Waals surface area contributed by atoms with Gasteiger partial charge in [0.1, 0.15) is 0 Å². The number of thiazole rings is 1. The standard InChI is InChI=1S/C22H18Cl2N4O4S2/c23-18-14(13-34(29,30)17-5-2-10-32-17)3-1-4-15(18)19-20(16-6-7-25-21(24)26-16)33-22(27-19)28-8-11-31-12-9-28/h1-7,10H,8-9,11-13H2. The average molecular weight is 537 g/mol. The van der Waals surface area contributed by atoms with Gasteiger partial charge >= 0.3 is 0 Å². The summed E-state index contributed by atoms with van der Waals surface area (Å²) >= 11 is 14.3. The van der Waals surface area contributed by atoms with Crippen LogP contribution in [0.25, 0.3) is 21.8 Å². The molecule has 0 amide bonds. The average Bonchev–Trinajstić information content (AvgIpc) is 3.52. The second kappa shape index (κ2) is 9.63. The first-order valence-corrected chi connectivity index (χ1v) is 13.5. The molecular weight excluding hydrogens is 519 g/mol. The highest BCUT2D eigenvalue weighted by atomic mass is 35.5. The van der Waals surface area contributed by atoms with Gasteiger partial charge in [0.2, 0.25) is 20.2 Å². The van der Waals surface area contributed by atoms with Crippen LogP contribution < -0.4 is 4.90 Å². The number of benzene rings is 1. The molecule has 1 aromatic carbocycles. The van der Waals surface area contributed by atoms with E-state index in [1.807, 2.05) is 6.07 Å². The second-order valence-electron chi connectivity index (χ2n) is 7.45. The fourth-order valence-electron chi connectivity index (χ4n) is 3.61. The summed E-state index contributed by atoms with van der Waals surface area (Å²) in [6.45, 7) is 2.66. The first kappa shape index (κ1) is 23.3. The number of sulfone groups is 1. The third-order valence-corrected chi connectivity index (χ3v) is 8.54. The zero-order valence-electron chi connectivity index (χ0n) is 17.6. The molecule has 4 heterocycles. The highest BCUT2D eigenvalue weighted by Crippen LogP contribution is 2.43. The quantitative estimate of drug-likeness (QED) is 0.318. The van der Waals surface area contributed by atoms with E-state index in [0.29, 0.717) is 53.8 Å². The van der Waals surface area contributed by atoms with Crippen LogP contribution in [0.2, 0.25) is 10.3 Å². The van der Waals surface area contributed by atoms with Gasteiger partial charge in [-0.15, -0.1) is 0 Å². The molecule has 0 saturated carbocycles. The Hall–Kier alpha value is -2.50. The smallest absolute Gasteiger partial charge is 0.222 e. The van der Waals surface area contributed by atoms with E-state index >= 15 is 0 Å². The van der Waals surface area contributed by atoms with E-state index in [4.69, 9.17) is 37.3 Å². The molecular formula is C22H18Cl2N4O4S2. The predicted octanol–water partition coefficient (Wildman–Crippen LogP) is 4.98. The Morgan fingerprint density at radius 2 is 1.88 bits per heavy atom. The van der Waals surface area contributed by atoms with Crippen molar-refractivity contribution in [3.63, 3.8) is 0 Å². The summed E-state index contributed by atoms with van der Waals surface area (Å²) < 4.78 is 36.1. The maximum atomic E-state index is 12.8. The summed E-state index contributed by atoms with van der Waals surface area (Å²) in [6.07, 6.45) is 2.91. The van der Waals surface area contributed by atoms with Crippen molar-refractivity contribution in [1.82, 2.24) is 15.0 Å². The number of furan rings is 1. The molecule has 1 aliphatic rings. The van der Waals surface area contributed by atoms with Crippen molar-refractivity contribution in [2.75, 3.05) is 31.2 Å². The minimum atomic E-state index is -3.70. The fraction of sp³-hybridized carbons (Fsp3) is 0.227. The minimum Gasteiger partial charge on any atom is -0.453 e. The lowest BCUT2D eigenvalue weighted by atomic mass is 10.1. The van der Waals surface area contributed by atoms with Crippen molar-refractivity contribution in [1.29, 1.82) is 0 Å². The molecule has 5 rings (SSSR count). The van der Waals surface area contributed by atoms with Crippen molar-refractivity contribution >= 4 is 49.5 Å². The molecule has 1 fully saturated rings. The SMILES string of the molecule is O=S(=O)(Cc1cccc(-c2nc(N3CCOCC3)sc2-c2ccnc(Cl)n2)c1Cl)c1ccco1. The number of hydrogen-bond acceptors (Lipinski definition) is 9. The molecule has 0 bridgehead atoms. The first-order valence-electron chi connectivity index (χ1n) is 10.3. The molecule has 0 radical (unpaired) electrons. The summed E-state index contributed by atoms with van der Waals surface area (Å²) in [6, 6.07) is 9.97. The van der Waals surface area contributed by atoms with E-state index in [2.05, 4.69) is 14.9 Å². The van der Waals surface area contributed by atoms with E-state index in [1.165, 1.54) is 29.7 Å². The van der Waals surface area contributed by atoms with Gasteiger partial charge in [0, 0.05) is 24.8 Å². The Bertz CT molecular complexity index is 1420. The molecule has 8 nitrogen and oxygen atoms in total. The Morgan fingerprint density at radius 3 is 2.62 bits per heavy atom. The number of nitrogens with zero attached hydrogens (tertiary/aromatic N) is 4. The number of aromatic nitrogens is 3. The maximum absolute atomic E-state index is 12.8. The first-order chi connectivity index (χ1) is 16.4. The molecule has 3 aromatic heterocycles. The Morgan fingerprint density at radius 1 is 1.06 bits per heavy atom. The van der Waals surface area contributed by atoms with Gasteiger partial charge < -0.3 is 14.1 Å². The van der Waals surface area contributed by atoms with Crippen molar-refractivity contribution in [2.24, 2.45) is 0 Å². The van der Waals surface area contributed by atoms with Gasteiger partial charge in [-0.25, -0.2) is 23.4 Å². The lowest BCUT2D eigenvalue weighted by molar-refractivity contribution is 0.122. The zero-order chi connectivity index (χ0) is 23.7. The summed E-state index contributed by atoms with van der Waals surface area (Å²) in [7, 11) is -3.70. The van der Waals surface area contributed by atoms with Crippen molar-refractivity contribution in [2.45, 2.75) is 10.8 Å². The van der Waals surface area contributed by atoms with Crippen LogP contribution in [0.5, 0.6) is 0 Å². The Balaban J connectivity index is 1.60. The zero-order valence-corrected chi connectivity index (χ0v) is 20.8. The van der Waals surface area contributed by atoms with Crippen molar-refractivity contribution in [3.8, 4) is 21.8 Å². The molecule has 1 aliphatic heterocycles. The molecule has 12 heteroatoms. The summed E-state index contributed by atoms with van der Waals surface area (Å²) in [4.78, 5) is 16.1. The van der Waals surface area contributed by atoms with Gasteiger partial charge in [-0.05, 0) is 35.4 Å². The molecule has 1 saturated heterocycles. The molecule has 0 aliphatic carbocycles. The van der Waals surface area contributed by atoms with Crippen LogP contribution in [0.1, 0.15) is 5.56 Å². The summed E-state index contributed by atoms with van der Waals surface area (Å²) in [5.74, 6) is -0.303. The van der Waals surface area contributed by atoms with E-state index < -0.39 is 9.84 Å². The van der Waals surface area contributed by atoms with Crippen LogP contribution in [0.4, 0.5) is 5.13 Å². The van der Waals surface area contributed by atoms with Crippen LogP contribution in [0.3, 0.4) is 0 Å². The predicted molar refractivity (Wildman–Crippen MR) is 131 cm³/mol. The highest BCUT2D eigenvalue weighted by Gasteiger charge is 2.25. The maximum Gasteiger partial charge on any atom is 0.222 e. The lowest BCUT2D eigenvalue weighted by Crippen LogP contribution is -2.36. The molecule has 0 unspecified atom stereocenters. The monoisotopic (exact) mass is 536 g/mol. The van der Waals surface area contributed by atoms with Crippen LogP contribution in [0, 0.1) is 0 Å². The molecule has 0 atom stereocenters. The van der Waals surface area contributed by atoms with Gasteiger partial charge in [-0.1, -0.05) is 41.1 Å². The van der Waals surface area contributed by atoms with Crippen LogP contribution >= 0.6 is 34.5 Å². The number of hydrogen-bond donors (Lipinski definition) is 0. The second-order valence-corrected chi connectivity index (χ2v) is 11.1. The van der Waals surface area contributed by atoms with Crippen LogP contribution in [-0.2, 0) is 20.3 Å². The van der Waals surface area contributed by atoms with E-state index in [1.54, 1.807) is 24.4 Å². The topological polar surface area (TPSA) is 98.4 Å². The van der Waals surface area contributed by atoms with Gasteiger partial charge in [0.15, 0.2) is 5.13 Å². The van der Waals surface area contributed by atoms with Gasteiger partial charge in [0.25, 0.3) is 0 Å². The minimum absolute atomic E-state index is 0.103. The largest absolute Gasteiger partial charge is 0.453 e. The normalized spacial score (nSPS) is 14.5. The third-order valence-electron chi connectivity index (χ3n) is 5.24. The van der Waals surface area contributed by atoms with E-state index in [0.717, 1.165) is 10.0 Å². The molecule has 34 heavy (non-hydrogen) atoms. The number of anilines is 1. The van der Waals surface area contributed by atoms with Crippen LogP contribution in [0.15, 0.2) is 58.4 Å². The van der Waals surface area contributed by atoms with E-state index in [9.17, 15) is 8.42 Å².